The van der Waals surface area contributed by atoms with Gasteiger partial charge < -0.3 is 9.84 Å². The molecule has 8 heteroatoms. The summed E-state index contributed by atoms with van der Waals surface area (Å²) in [6.07, 6.45) is 0.975. The summed E-state index contributed by atoms with van der Waals surface area (Å²) in [7, 11) is -3.78. The molecule has 0 aromatic heterocycles. The number of ether oxygens (including phenoxy) is 1. The number of carbonyl (C=O) groups is 1. The SMILES string of the molecule is CC1(C(=O)O)CCN(S(=O)(=O)c2cc(Br)cc3c2OCC3)C1. The Morgan fingerprint density at radius 3 is 2.82 bits per heavy atom. The van der Waals surface area contributed by atoms with E-state index in [0.717, 1.165) is 5.56 Å². The Bertz CT molecular complexity index is 748. The standard InChI is InChI=1S/C14H16BrNO5S/c1-14(13(17)18)3-4-16(8-14)22(19,20)11-7-10(15)6-9-2-5-21-12(9)11/h6-7H,2-5,8H2,1H3,(H,17,18). The molecular weight excluding hydrogens is 374 g/mol. The van der Waals surface area contributed by atoms with E-state index in [9.17, 15) is 18.3 Å². The maximum atomic E-state index is 12.9. The molecule has 1 saturated heterocycles. The zero-order valence-electron chi connectivity index (χ0n) is 12.0. The number of halogens is 1. The molecule has 0 radical (unpaired) electrons. The van der Waals surface area contributed by atoms with Gasteiger partial charge in [-0.05, 0) is 25.5 Å². The fourth-order valence-electron chi connectivity index (χ4n) is 2.86. The lowest BCUT2D eigenvalue weighted by Gasteiger charge is -2.21. The first-order chi connectivity index (χ1) is 10.2. The normalized spacial score (nSPS) is 25.0. The molecule has 0 bridgehead atoms. The van der Waals surface area contributed by atoms with Gasteiger partial charge in [-0.3, -0.25) is 4.79 Å². The largest absolute Gasteiger partial charge is 0.492 e. The molecule has 0 aliphatic carbocycles. The molecule has 0 spiro atoms. The molecule has 0 saturated carbocycles. The van der Waals surface area contributed by atoms with Crippen LogP contribution in [0.3, 0.4) is 0 Å². The highest BCUT2D eigenvalue weighted by Crippen LogP contribution is 2.40. The summed E-state index contributed by atoms with van der Waals surface area (Å²) in [5.41, 5.74) is -0.184. The van der Waals surface area contributed by atoms with E-state index in [1.165, 1.54) is 10.4 Å². The fourth-order valence-corrected chi connectivity index (χ4v) is 5.29. The van der Waals surface area contributed by atoms with Crippen LogP contribution in [-0.4, -0.2) is 43.5 Å². The molecule has 1 aromatic rings. The summed E-state index contributed by atoms with van der Waals surface area (Å²) in [4.78, 5) is 11.4. The molecule has 2 aliphatic rings. The fraction of sp³-hybridized carbons (Fsp3) is 0.500. The van der Waals surface area contributed by atoms with Gasteiger partial charge in [0.2, 0.25) is 10.0 Å². The van der Waals surface area contributed by atoms with Crippen LogP contribution in [0.2, 0.25) is 0 Å². The zero-order chi connectivity index (χ0) is 16.1. The van der Waals surface area contributed by atoms with E-state index in [0.29, 0.717) is 29.7 Å². The van der Waals surface area contributed by atoms with Gasteiger partial charge in [0.1, 0.15) is 10.6 Å². The molecule has 2 aliphatic heterocycles. The second-order valence-corrected chi connectivity index (χ2v) is 8.77. The van der Waals surface area contributed by atoms with Crippen LogP contribution in [0.25, 0.3) is 0 Å². The van der Waals surface area contributed by atoms with E-state index >= 15 is 0 Å². The van der Waals surface area contributed by atoms with Crippen LogP contribution in [0.15, 0.2) is 21.5 Å². The van der Waals surface area contributed by atoms with E-state index in [2.05, 4.69) is 15.9 Å². The highest BCUT2D eigenvalue weighted by molar-refractivity contribution is 9.10. The van der Waals surface area contributed by atoms with Crippen molar-refractivity contribution in [2.45, 2.75) is 24.7 Å². The van der Waals surface area contributed by atoms with Crippen molar-refractivity contribution < 1.29 is 23.1 Å². The van der Waals surface area contributed by atoms with Crippen molar-refractivity contribution >= 4 is 31.9 Å². The third-order valence-electron chi connectivity index (χ3n) is 4.29. The lowest BCUT2D eigenvalue weighted by molar-refractivity contribution is -0.146. The second kappa shape index (κ2) is 5.21. The number of hydrogen-bond acceptors (Lipinski definition) is 4. The van der Waals surface area contributed by atoms with Crippen LogP contribution < -0.4 is 4.74 Å². The smallest absolute Gasteiger partial charge is 0.310 e. The monoisotopic (exact) mass is 389 g/mol. The predicted molar refractivity (Wildman–Crippen MR) is 82.5 cm³/mol. The van der Waals surface area contributed by atoms with Crippen molar-refractivity contribution in [3.8, 4) is 5.75 Å². The summed E-state index contributed by atoms with van der Waals surface area (Å²) < 4.78 is 33.2. The van der Waals surface area contributed by atoms with Crippen molar-refractivity contribution in [2.75, 3.05) is 19.7 Å². The first-order valence-electron chi connectivity index (χ1n) is 6.93. The Kier molecular flexibility index (Phi) is 3.73. The van der Waals surface area contributed by atoms with E-state index < -0.39 is 21.4 Å². The molecule has 120 valence electrons. The number of hydrogen-bond donors (Lipinski definition) is 1. The molecule has 2 heterocycles. The Hall–Kier alpha value is -1.12. The van der Waals surface area contributed by atoms with Crippen LogP contribution in [0, 0.1) is 5.41 Å². The quantitative estimate of drug-likeness (QED) is 0.852. The van der Waals surface area contributed by atoms with Crippen molar-refractivity contribution in [3.05, 3.63) is 22.2 Å². The van der Waals surface area contributed by atoms with Crippen LogP contribution in [0.4, 0.5) is 0 Å². The molecule has 1 aromatic carbocycles. The number of aliphatic carboxylic acids is 1. The molecule has 0 amide bonds. The molecule has 1 N–H and O–H groups in total. The second-order valence-electron chi connectivity index (χ2n) is 5.95. The summed E-state index contributed by atoms with van der Waals surface area (Å²) in [6, 6.07) is 3.38. The Morgan fingerprint density at radius 2 is 2.18 bits per heavy atom. The van der Waals surface area contributed by atoms with Gasteiger partial charge in [0, 0.05) is 29.5 Å². The number of carboxylic acid groups (broad SMARTS) is 1. The Balaban J connectivity index is 2.01. The zero-order valence-corrected chi connectivity index (χ0v) is 14.4. The molecule has 1 unspecified atom stereocenters. The summed E-state index contributed by atoms with van der Waals surface area (Å²) in [5, 5.41) is 9.27. The molecule has 1 fully saturated rings. The molecule has 3 rings (SSSR count). The summed E-state index contributed by atoms with van der Waals surface area (Å²) in [6.45, 7) is 2.21. The minimum absolute atomic E-state index is 0.0219. The third kappa shape index (κ3) is 2.43. The van der Waals surface area contributed by atoms with Crippen molar-refractivity contribution in [1.29, 1.82) is 0 Å². The molecule has 22 heavy (non-hydrogen) atoms. The number of nitrogens with zero attached hydrogens (tertiary/aromatic N) is 1. The van der Waals surface area contributed by atoms with Crippen LogP contribution >= 0.6 is 15.9 Å². The molecular formula is C14H16BrNO5S. The maximum absolute atomic E-state index is 12.9. The van der Waals surface area contributed by atoms with Gasteiger partial charge >= 0.3 is 5.97 Å². The summed E-state index contributed by atoms with van der Waals surface area (Å²) >= 11 is 3.33. The third-order valence-corrected chi connectivity index (χ3v) is 6.60. The van der Waals surface area contributed by atoms with Gasteiger partial charge in [-0.2, -0.15) is 4.31 Å². The van der Waals surface area contributed by atoms with Crippen molar-refractivity contribution in [1.82, 2.24) is 4.31 Å². The minimum Gasteiger partial charge on any atom is -0.492 e. The van der Waals surface area contributed by atoms with Crippen LogP contribution in [-0.2, 0) is 21.2 Å². The van der Waals surface area contributed by atoms with Gasteiger partial charge in [0.25, 0.3) is 0 Å². The van der Waals surface area contributed by atoms with E-state index in [4.69, 9.17) is 4.74 Å². The lowest BCUT2D eigenvalue weighted by Crippen LogP contribution is -2.35. The number of sulfonamides is 1. The van der Waals surface area contributed by atoms with E-state index in [1.807, 2.05) is 6.07 Å². The van der Waals surface area contributed by atoms with Crippen molar-refractivity contribution in [2.24, 2.45) is 5.41 Å². The first-order valence-corrected chi connectivity index (χ1v) is 9.16. The van der Waals surface area contributed by atoms with Gasteiger partial charge in [0.05, 0.1) is 12.0 Å². The molecule has 1 atom stereocenters. The molecule has 6 nitrogen and oxygen atoms in total. The highest BCUT2D eigenvalue weighted by Gasteiger charge is 2.45. The lowest BCUT2D eigenvalue weighted by atomic mass is 9.90. The number of fused-ring (bicyclic) bond motifs is 1. The maximum Gasteiger partial charge on any atom is 0.310 e. The first kappa shape index (κ1) is 15.8. The minimum atomic E-state index is -3.78. The predicted octanol–water partition coefficient (Wildman–Crippen LogP) is 1.87. The highest BCUT2D eigenvalue weighted by atomic mass is 79.9. The van der Waals surface area contributed by atoms with Crippen LogP contribution in [0.5, 0.6) is 5.75 Å². The topological polar surface area (TPSA) is 83.9 Å². The summed E-state index contributed by atoms with van der Waals surface area (Å²) in [5.74, 6) is -0.576. The van der Waals surface area contributed by atoms with E-state index in [-0.39, 0.29) is 18.0 Å². The average Bonchev–Trinajstić information content (AvgIpc) is 3.05. The van der Waals surface area contributed by atoms with Gasteiger partial charge in [-0.15, -0.1) is 0 Å². The van der Waals surface area contributed by atoms with Gasteiger partial charge in [-0.25, -0.2) is 8.42 Å². The van der Waals surface area contributed by atoms with Crippen molar-refractivity contribution in [3.63, 3.8) is 0 Å². The Morgan fingerprint density at radius 1 is 1.45 bits per heavy atom. The van der Waals surface area contributed by atoms with Gasteiger partial charge in [-0.1, -0.05) is 15.9 Å². The number of benzene rings is 1. The van der Waals surface area contributed by atoms with Gasteiger partial charge in [0.15, 0.2) is 0 Å². The average molecular weight is 390 g/mol. The van der Waals surface area contributed by atoms with Crippen LogP contribution in [0.1, 0.15) is 18.9 Å². The number of carboxylic acids is 1. The number of rotatable bonds is 3. The van der Waals surface area contributed by atoms with E-state index in [1.54, 1.807) is 6.92 Å². The Labute approximate surface area is 137 Å².